The van der Waals surface area contributed by atoms with Gasteiger partial charge in [0.2, 0.25) is 0 Å². The minimum absolute atomic E-state index is 0.0908. The molecule has 2 N–H and O–H groups in total. The van der Waals surface area contributed by atoms with Gasteiger partial charge < -0.3 is 15.4 Å². The molecule has 1 aliphatic rings. The molecule has 0 fully saturated rings. The molecule has 21 heavy (non-hydrogen) atoms. The summed E-state index contributed by atoms with van der Waals surface area (Å²) in [6.45, 7) is 1.80. The van der Waals surface area contributed by atoms with Crippen molar-refractivity contribution in [1.29, 1.82) is 0 Å². The number of amides is 1. The van der Waals surface area contributed by atoms with Gasteiger partial charge in [0, 0.05) is 23.9 Å². The van der Waals surface area contributed by atoms with E-state index in [0.717, 1.165) is 29.8 Å². The molecule has 0 aliphatic carbocycles. The number of rotatable bonds is 4. The van der Waals surface area contributed by atoms with Crippen LogP contribution in [0.15, 0.2) is 48.5 Å². The predicted octanol–water partition coefficient (Wildman–Crippen LogP) is 2.35. The molecule has 4 heteroatoms. The molecule has 1 heterocycles. The van der Waals surface area contributed by atoms with Crippen LogP contribution in [-0.4, -0.2) is 30.5 Å². The number of nitrogens with zero attached hydrogens (tertiary/aromatic N) is 1. The Labute approximate surface area is 124 Å². The zero-order valence-corrected chi connectivity index (χ0v) is 11.8. The van der Waals surface area contributed by atoms with Crippen LogP contribution in [0.2, 0.25) is 0 Å². The number of nitrogen functional groups attached to an aromatic ring is 1. The fraction of sp³-hybridized carbons (Fsp3) is 0.235. The zero-order valence-electron chi connectivity index (χ0n) is 11.8. The van der Waals surface area contributed by atoms with E-state index in [1.54, 1.807) is 6.07 Å². The molecule has 0 bridgehead atoms. The molecule has 0 aromatic heterocycles. The van der Waals surface area contributed by atoms with Crippen molar-refractivity contribution in [3.8, 4) is 5.75 Å². The lowest BCUT2D eigenvalue weighted by Crippen LogP contribution is -2.40. The second-order valence-corrected chi connectivity index (χ2v) is 5.12. The lowest BCUT2D eigenvalue weighted by Gasteiger charge is -2.28. The third-order valence-corrected chi connectivity index (χ3v) is 3.67. The van der Waals surface area contributed by atoms with E-state index >= 15 is 0 Å². The van der Waals surface area contributed by atoms with Crippen LogP contribution in [0, 0.1) is 0 Å². The molecule has 0 atom stereocenters. The van der Waals surface area contributed by atoms with E-state index in [-0.39, 0.29) is 5.91 Å². The van der Waals surface area contributed by atoms with Gasteiger partial charge in [0.05, 0.1) is 6.54 Å². The highest BCUT2D eigenvalue weighted by Crippen LogP contribution is 2.19. The highest BCUT2D eigenvalue weighted by atomic mass is 16.5. The Bertz CT molecular complexity index is 655. The summed E-state index contributed by atoms with van der Waals surface area (Å²) in [4.78, 5) is 14.2. The number of carbonyl (C=O) groups is 1. The number of fused-ring (bicyclic) bond motifs is 1. The first-order chi connectivity index (χ1) is 10.2. The van der Waals surface area contributed by atoms with Crippen molar-refractivity contribution < 1.29 is 9.53 Å². The molecule has 1 aliphatic heterocycles. The monoisotopic (exact) mass is 282 g/mol. The first kappa shape index (κ1) is 13.5. The number of anilines is 1. The normalized spacial score (nSPS) is 13.9. The molecule has 3 rings (SSSR count). The zero-order chi connectivity index (χ0) is 14.7. The van der Waals surface area contributed by atoms with Crippen molar-refractivity contribution in [2.45, 2.75) is 6.42 Å². The summed E-state index contributed by atoms with van der Waals surface area (Å²) < 4.78 is 5.65. The topological polar surface area (TPSA) is 55.6 Å². The molecule has 0 saturated carbocycles. The van der Waals surface area contributed by atoms with Crippen molar-refractivity contribution in [3.05, 3.63) is 59.7 Å². The third-order valence-electron chi connectivity index (χ3n) is 3.67. The second kappa shape index (κ2) is 5.87. The van der Waals surface area contributed by atoms with E-state index in [2.05, 4.69) is 0 Å². The molecular formula is C17H18N2O2. The molecule has 2 aromatic carbocycles. The highest BCUT2D eigenvalue weighted by molar-refractivity contribution is 5.96. The van der Waals surface area contributed by atoms with Gasteiger partial charge >= 0.3 is 0 Å². The Balaban J connectivity index is 1.58. The molecular weight excluding hydrogens is 264 g/mol. The molecule has 108 valence electrons. The van der Waals surface area contributed by atoms with E-state index in [9.17, 15) is 4.79 Å². The van der Waals surface area contributed by atoms with E-state index in [4.69, 9.17) is 10.5 Å². The second-order valence-electron chi connectivity index (χ2n) is 5.12. The summed E-state index contributed by atoms with van der Waals surface area (Å²) in [7, 11) is 0. The minimum atomic E-state index is 0.0908. The Morgan fingerprint density at radius 3 is 2.86 bits per heavy atom. The largest absolute Gasteiger partial charge is 0.492 e. The maximum atomic E-state index is 12.4. The van der Waals surface area contributed by atoms with Crippen LogP contribution in [0.25, 0.3) is 0 Å². The number of hydrogen-bond donors (Lipinski definition) is 1. The van der Waals surface area contributed by atoms with Gasteiger partial charge in [0.1, 0.15) is 12.4 Å². The summed E-state index contributed by atoms with van der Waals surface area (Å²) in [5.41, 5.74) is 8.33. The van der Waals surface area contributed by atoms with Gasteiger partial charge in [-0.2, -0.15) is 0 Å². The van der Waals surface area contributed by atoms with Crippen LogP contribution in [0.4, 0.5) is 5.69 Å². The standard InChI is InChI=1S/C17H18N2O2/c18-14-5-3-6-15(12-14)21-11-10-19-9-8-13-4-1-2-7-16(13)17(19)20/h1-7,12H,8-11,18H2. The Morgan fingerprint density at radius 1 is 1.14 bits per heavy atom. The lowest BCUT2D eigenvalue weighted by molar-refractivity contribution is 0.0713. The van der Waals surface area contributed by atoms with Gasteiger partial charge in [-0.25, -0.2) is 0 Å². The summed E-state index contributed by atoms with van der Waals surface area (Å²) in [5.74, 6) is 0.827. The number of hydrogen-bond acceptors (Lipinski definition) is 3. The number of benzene rings is 2. The van der Waals surface area contributed by atoms with Crippen LogP contribution in [0.1, 0.15) is 15.9 Å². The van der Waals surface area contributed by atoms with Crippen LogP contribution in [0.5, 0.6) is 5.75 Å². The van der Waals surface area contributed by atoms with Crippen molar-refractivity contribution >= 4 is 11.6 Å². The minimum Gasteiger partial charge on any atom is -0.492 e. The molecule has 0 saturated heterocycles. The van der Waals surface area contributed by atoms with E-state index < -0.39 is 0 Å². The van der Waals surface area contributed by atoms with Crippen molar-refractivity contribution in [3.63, 3.8) is 0 Å². The van der Waals surface area contributed by atoms with Gasteiger partial charge in [0.25, 0.3) is 5.91 Å². The summed E-state index contributed by atoms with van der Waals surface area (Å²) in [5, 5.41) is 0. The van der Waals surface area contributed by atoms with Crippen LogP contribution < -0.4 is 10.5 Å². The van der Waals surface area contributed by atoms with E-state index in [0.29, 0.717) is 18.8 Å². The van der Waals surface area contributed by atoms with Crippen molar-refractivity contribution in [2.24, 2.45) is 0 Å². The number of ether oxygens (including phenoxy) is 1. The number of nitrogens with two attached hydrogens (primary N) is 1. The van der Waals surface area contributed by atoms with Gasteiger partial charge in [-0.15, -0.1) is 0 Å². The van der Waals surface area contributed by atoms with Crippen LogP contribution in [-0.2, 0) is 6.42 Å². The van der Waals surface area contributed by atoms with Gasteiger partial charge in [-0.05, 0) is 30.2 Å². The maximum Gasteiger partial charge on any atom is 0.254 e. The quantitative estimate of drug-likeness (QED) is 0.876. The van der Waals surface area contributed by atoms with Crippen LogP contribution in [0.3, 0.4) is 0 Å². The first-order valence-corrected chi connectivity index (χ1v) is 7.09. The summed E-state index contributed by atoms with van der Waals surface area (Å²) >= 11 is 0. The number of carbonyl (C=O) groups excluding carboxylic acids is 1. The van der Waals surface area contributed by atoms with Crippen molar-refractivity contribution in [2.75, 3.05) is 25.4 Å². The van der Waals surface area contributed by atoms with Crippen LogP contribution >= 0.6 is 0 Å². The van der Waals surface area contributed by atoms with Gasteiger partial charge in [0.15, 0.2) is 0 Å². The SMILES string of the molecule is Nc1cccc(OCCN2CCc3ccccc3C2=O)c1. The molecule has 4 nitrogen and oxygen atoms in total. The fourth-order valence-electron chi connectivity index (χ4n) is 2.57. The molecule has 1 amide bonds. The van der Waals surface area contributed by atoms with E-state index in [1.165, 1.54) is 0 Å². The molecule has 0 spiro atoms. The fourth-order valence-corrected chi connectivity index (χ4v) is 2.57. The average Bonchev–Trinajstić information content (AvgIpc) is 2.50. The Kier molecular flexibility index (Phi) is 3.77. The first-order valence-electron chi connectivity index (χ1n) is 7.09. The van der Waals surface area contributed by atoms with Gasteiger partial charge in [-0.1, -0.05) is 24.3 Å². The summed E-state index contributed by atoms with van der Waals surface area (Å²) in [6, 6.07) is 15.1. The molecule has 0 radical (unpaired) electrons. The lowest BCUT2D eigenvalue weighted by atomic mass is 9.99. The predicted molar refractivity (Wildman–Crippen MR) is 82.4 cm³/mol. The maximum absolute atomic E-state index is 12.4. The molecule has 0 unspecified atom stereocenters. The Hall–Kier alpha value is -2.49. The average molecular weight is 282 g/mol. The third kappa shape index (κ3) is 2.99. The van der Waals surface area contributed by atoms with Crippen molar-refractivity contribution in [1.82, 2.24) is 4.90 Å². The Morgan fingerprint density at radius 2 is 2.00 bits per heavy atom. The van der Waals surface area contributed by atoms with Gasteiger partial charge in [-0.3, -0.25) is 4.79 Å². The molecule has 2 aromatic rings. The van der Waals surface area contributed by atoms with E-state index in [1.807, 2.05) is 47.4 Å². The summed E-state index contributed by atoms with van der Waals surface area (Å²) in [6.07, 6.45) is 0.903. The highest BCUT2D eigenvalue weighted by Gasteiger charge is 2.23. The smallest absolute Gasteiger partial charge is 0.254 e.